The molecular formula is C19H29N3O2. The van der Waals surface area contributed by atoms with Crippen LogP contribution in [0.3, 0.4) is 0 Å². The van der Waals surface area contributed by atoms with Gasteiger partial charge >= 0.3 is 0 Å². The number of nitrogens with one attached hydrogen (secondary N) is 1. The molecular weight excluding hydrogens is 302 g/mol. The molecule has 1 aromatic rings. The fraction of sp³-hybridized carbons (Fsp3) is 0.579. The molecule has 1 N–H and O–H groups in total. The van der Waals surface area contributed by atoms with E-state index in [0.717, 1.165) is 18.5 Å². The van der Waals surface area contributed by atoms with E-state index in [0.29, 0.717) is 18.7 Å². The number of hydrogen-bond acceptors (Lipinski definition) is 3. The lowest BCUT2D eigenvalue weighted by atomic mass is 9.93. The summed E-state index contributed by atoms with van der Waals surface area (Å²) in [6, 6.07) is 7.74. The second-order valence-corrected chi connectivity index (χ2v) is 7.73. The number of nitrogens with zero attached hydrogens (tertiary/aromatic N) is 2. The Balaban J connectivity index is 1.91. The van der Waals surface area contributed by atoms with Crippen LogP contribution in [-0.2, 0) is 4.79 Å². The zero-order valence-electron chi connectivity index (χ0n) is 15.4. The summed E-state index contributed by atoms with van der Waals surface area (Å²) in [5.74, 6) is 0.144. The fourth-order valence-corrected chi connectivity index (χ4v) is 2.90. The normalized spacial score (nSPS) is 16.0. The molecule has 0 aliphatic carbocycles. The van der Waals surface area contributed by atoms with Crippen LogP contribution < -0.4 is 10.2 Å². The molecule has 1 saturated heterocycles. The topological polar surface area (TPSA) is 52.7 Å². The van der Waals surface area contributed by atoms with Gasteiger partial charge in [-0.2, -0.15) is 0 Å². The Morgan fingerprint density at radius 1 is 1.17 bits per heavy atom. The third-order valence-corrected chi connectivity index (χ3v) is 4.38. The van der Waals surface area contributed by atoms with Crippen LogP contribution in [0.4, 0.5) is 5.69 Å². The average Bonchev–Trinajstić information content (AvgIpc) is 2.54. The Morgan fingerprint density at radius 3 is 2.33 bits per heavy atom. The van der Waals surface area contributed by atoms with Crippen LogP contribution in [-0.4, -0.2) is 49.9 Å². The summed E-state index contributed by atoms with van der Waals surface area (Å²) in [6.45, 7) is 7.25. The molecule has 5 heteroatoms. The fourth-order valence-electron chi connectivity index (χ4n) is 2.90. The third kappa shape index (κ3) is 4.49. The molecule has 0 saturated carbocycles. The monoisotopic (exact) mass is 331 g/mol. The van der Waals surface area contributed by atoms with Crippen molar-refractivity contribution in [1.82, 2.24) is 10.2 Å². The highest BCUT2D eigenvalue weighted by Gasteiger charge is 2.30. The van der Waals surface area contributed by atoms with E-state index < -0.39 is 0 Å². The minimum atomic E-state index is -0.345. The number of carbonyl (C=O) groups excluding carboxylic acids is 2. The Kier molecular flexibility index (Phi) is 5.52. The van der Waals surface area contributed by atoms with E-state index in [1.54, 1.807) is 0 Å². The summed E-state index contributed by atoms with van der Waals surface area (Å²) in [6.07, 6.45) is 1.61. The molecule has 0 bridgehead atoms. The number of likely N-dealkylation sites (tertiary alicyclic amines) is 1. The Labute approximate surface area is 145 Å². The van der Waals surface area contributed by atoms with Crippen molar-refractivity contribution in [2.24, 2.45) is 5.41 Å². The van der Waals surface area contributed by atoms with Crippen LogP contribution in [0, 0.1) is 5.41 Å². The van der Waals surface area contributed by atoms with Crippen LogP contribution in [0.15, 0.2) is 24.3 Å². The number of hydrogen-bond donors (Lipinski definition) is 1. The van der Waals surface area contributed by atoms with E-state index in [1.165, 1.54) is 0 Å². The number of rotatable bonds is 3. The van der Waals surface area contributed by atoms with Gasteiger partial charge in [0.05, 0.1) is 0 Å². The molecule has 1 aliphatic rings. The molecule has 1 aromatic carbocycles. The maximum absolute atomic E-state index is 12.5. The van der Waals surface area contributed by atoms with Gasteiger partial charge in [-0.3, -0.25) is 9.59 Å². The zero-order valence-corrected chi connectivity index (χ0v) is 15.4. The van der Waals surface area contributed by atoms with Crippen molar-refractivity contribution >= 4 is 17.5 Å². The molecule has 1 aliphatic heterocycles. The number of carbonyl (C=O) groups is 2. The zero-order chi connectivity index (χ0) is 17.9. The highest BCUT2D eigenvalue weighted by atomic mass is 16.2. The highest BCUT2D eigenvalue weighted by Crippen LogP contribution is 2.21. The summed E-state index contributed by atoms with van der Waals surface area (Å²) in [5, 5.41) is 3.10. The quantitative estimate of drug-likeness (QED) is 0.926. The summed E-state index contributed by atoms with van der Waals surface area (Å²) in [5.41, 5.74) is 1.34. The van der Waals surface area contributed by atoms with Gasteiger partial charge in [0.15, 0.2) is 0 Å². The molecule has 2 rings (SSSR count). The van der Waals surface area contributed by atoms with E-state index in [4.69, 9.17) is 0 Å². The second kappa shape index (κ2) is 7.24. The van der Waals surface area contributed by atoms with Crippen LogP contribution >= 0.6 is 0 Å². The molecule has 1 heterocycles. The van der Waals surface area contributed by atoms with Crippen molar-refractivity contribution in [3.8, 4) is 0 Å². The number of amides is 2. The molecule has 1 fully saturated rings. The van der Waals surface area contributed by atoms with Gasteiger partial charge in [0, 0.05) is 49.9 Å². The van der Waals surface area contributed by atoms with Crippen molar-refractivity contribution in [2.45, 2.75) is 39.7 Å². The lowest BCUT2D eigenvalue weighted by Crippen LogP contribution is -2.49. The van der Waals surface area contributed by atoms with Crippen LogP contribution in [0.5, 0.6) is 0 Å². The van der Waals surface area contributed by atoms with E-state index >= 15 is 0 Å². The van der Waals surface area contributed by atoms with E-state index in [-0.39, 0.29) is 23.3 Å². The van der Waals surface area contributed by atoms with Gasteiger partial charge in [0.25, 0.3) is 5.91 Å². The van der Waals surface area contributed by atoms with Gasteiger partial charge < -0.3 is 15.1 Å². The lowest BCUT2D eigenvalue weighted by Gasteiger charge is -2.36. The predicted octanol–water partition coefficient (Wildman–Crippen LogP) is 2.52. The minimum absolute atomic E-state index is 0.0423. The largest absolute Gasteiger partial charge is 0.378 e. The minimum Gasteiger partial charge on any atom is -0.378 e. The summed E-state index contributed by atoms with van der Waals surface area (Å²) < 4.78 is 0. The summed E-state index contributed by atoms with van der Waals surface area (Å²) in [7, 11) is 3.91. The molecule has 0 atom stereocenters. The van der Waals surface area contributed by atoms with E-state index in [2.05, 4.69) is 5.32 Å². The third-order valence-electron chi connectivity index (χ3n) is 4.38. The number of piperidine rings is 1. The van der Waals surface area contributed by atoms with E-state index in [1.807, 2.05) is 68.9 Å². The summed E-state index contributed by atoms with van der Waals surface area (Å²) >= 11 is 0. The SMILES string of the molecule is CN(C)c1cccc(C(=O)NC2CCN(C(=O)C(C)(C)C)CC2)c1. The predicted molar refractivity (Wildman–Crippen MR) is 97.3 cm³/mol. The molecule has 0 aromatic heterocycles. The first-order chi connectivity index (χ1) is 11.2. The van der Waals surface area contributed by atoms with Gasteiger partial charge in [-0.25, -0.2) is 0 Å². The maximum atomic E-state index is 12.5. The van der Waals surface area contributed by atoms with Crippen LogP contribution in [0.2, 0.25) is 0 Å². The van der Waals surface area contributed by atoms with Crippen molar-refractivity contribution in [3.05, 3.63) is 29.8 Å². The maximum Gasteiger partial charge on any atom is 0.251 e. The Bertz CT molecular complexity index is 597. The smallest absolute Gasteiger partial charge is 0.251 e. The van der Waals surface area contributed by atoms with Gasteiger partial charge in [0.1, 0.15) is 0 Å². The van der Waals surface area contributed by atoms with Crippen molar-refractivity contribution in [3.63, 3.8) is 0 Å². The van der Waals surface area contributed by atoms with Crippen molar-refractivity contribution in [1.29, 1.82) is 0 Å². The van der Waals surface area contributed by atoms with E-state index in [9.17, 15) is 9.59 Å². The van der Waals surface area contributed by atoms with Crippen molar-refractivity contribution in [2.75, 3.05) is 32.1 Å². The summed E-state index contributed by atoms with van der Waals surface area (Å²) in [4.78, 5) is 28.6. The van der Waals surface area contributed by atoms with Crippen LogP contribution in [0.1, 0.15) is 44.0 Å². The Morgan fingerprint density at radius 2 is 1.79 bits per heavy atom. The number of anilines is 1. The molecule has 24 heavy (non-hydrogen) atoms. The molecule has 132 valence electrons. The molecule has 5 nitrogen and oxygen atoms in total. The average molecular weight is 331 g/mol. The van der Waals surface area contributed by atoms with Gasteiger partial charge in [-0.1, -0.05) is 26.8 Å². The van der Waals surface area contributed by atoms with Crippen LogP contribution in [0.25, 0.3) is 0 Å². The first-order valence-electron chi connectivity index (χ1n) is 8.56. The molecule has 0 spiro atoms. The lowest BCUT2D eigenvalue weighted by molar-refractivity contribution is -0.140. The first-order valence-corrected chi connectivity index (χ1v) is 8.56. The Hall–Kier alpha value is -2.04. The molecule has 0 unspecified atom stereocenters. The second-order valence-electron chi connectivity index (χ2n) is 7.73. The molecule has 2 amide bonds. The standard InChI is InChI=1S/C19H29N3O2/c1-19(2,3)18(24)22-11-9-15(10-12-22)20-17(23)14-7-6-8-16(13-14)21(4)5/h6-8,13,15H,9-12H2,1-5H3,(H,20,23). The highest BCUT2D eigenvalue weighted by molar-refractivity contribution is 5.95. The van der Waals surface area contributed by atoms with Gasteiger partial charge in [0.2, 0.25) is 5.91 Å². The van der Waals surface area contributed by atoms with Gasteiger partial charge in [-0.15, -0.1) is 0 Å². The van der Waals surface area contributed by atoms with Gasteiger partial charge in [-0.05, 0) is 31.0 Å². The first kappa shape index (κ1) is 18.3. The molecule has 0 radical (unpaired) electrons. The van der Waals surface area contributed by atoms with Crippen molar-refractivity contribution < 1.29 is 9.59 Å². The number of benzene rings is 1.